The molecule has 0 saturated carbocycles. The van der Waals surface area contributed by atoms with Crippen LogP contribution in [0.5, 0.6) is 0 Å². The first-order valence-electron chi connectivity index (χ1n) is 38.5. The van der Waals surface area contributed by atoms with Gasteiger partial charge < -0.3 is 89.9 Å². The zero-order valence-electron chi connectivity index (χ0n) is 62.0. The molecule has 3 heterocycles. The molecule has 103 heavy (non-hydrogen) atoms. The number of rotatable bonds is 57. The second kappa shape index (κ2) is 62.0. The Bertz CT molecular complexity index is 2580. The molecule has 1 amide bonds. The van der Waals surface area contributed by atoms with E-state index in [9.17, 15) is 61.0 Å². The van der Waals surface area contributed by atoms with Crippen molar-refractivity contribution in [2.45, 2.75) is 311 Å². The molecule has 12 N–H and O–H groups in total. The average Bonchev–Trinajstić information content (AvgIpc) is 0.782. The van der Waals surface area contributed by atoms with Crippen molar-refractivity contribution in [1.82, 2.24) is 5.32 Å². The average molecular weight is 1440 g/mol. The summed E-state index contributed by atoms with van der Waals surface area (Å²) in [5.41, 5.74) is 0. The maximum Gasteiger partial charge on any atom is 0.220 e. The summed E-state index contributed by atoms with van der Waals surface area (Å²) in [5.74, 6) is -0.322. The molecule has 0 aromatic rings. The van der Waals surface area contributed by atoms with Gasteiger partial charge in [-0.1, -0.05) is 247 Å². The summed E-state index contributed by atoms with van der Waals surface area (Å²) in [6, 6.07) is -1.02. The molecule has 17 atom stereocenters. The van der Waals surface area contributed by atoms with Crippen LogP contribution >= 0.6 is 0 Å². The number of nitrogens with one attached hydrogen (secondary N) is 1. The van der Waals surface area contributed by atoms with Crippen LogP contribution < -0.4 is 5.32 Å². The lowest BCUT2D eigenvalue weighted by Gasteiger charge is -2.48. The summed E-state index contributed by atoms with van der Waals surface area (Å²) >= 11 is 0. The van der Waals surface area contributed by atoms with Crippen LogP contribution in [0, 0.1) is 0 Å². The Labute approximate surface area is 617 Å². The van der Waals surface area contributed by atoms with Crippen LogP contribution in [0.25, 0.3) is 0 Å². The van der Waals surface area contributed by atoms with Gasteiger partial charge in [-0.3, -0.25) is 4.79 Å². The third-order valence-electron chi connectivity index (χ3n) is 17.7. The van der Waals surface area contributed by atoms with E-state index in [-0.39, 0.29) is 12.3 Å². The van der Waals surface area contributed by atoms with Crippen LogP contribution in [0.1, 0.15) is 206 Å². The van der Waals surface area contributed by atoms with Gasteiger partial charge in [-0.2, -0.15) is 0 Å². The second-order valence-electron chi connectivity index (χ2n) is 26.4. The van der Waals surface area contributed by atoms with Gasteiger partial charge in [0.15, 0.2) is 18.9 Å². The predicted octanol–water partition coefficient (Wildman–Crippen LogP) is 12.4. The number of aliphatic hydroxyl groups is 11. The molecule has 0 aromatic carbocycles. The van der Waals surface area contributed by atoms with Crippen LogP contribution in [0.2, 0.25) is 0 Å². The lowest BCUT2D eigenvalue weighted by Crippen LogP contribution is -2.66. The molecular formula is C84H133NO18. The standard InChI is InChI=1S/C84H133NO18/c1-3-5-7-9-11-13-15-17-19-21-22-23-24-25-26-27-28-29-30-31-32-33-34-35-36-37-38-39-40-41-42-43-44-46-48-50-52-54-56-58-60-62-72(90)85-67(68(89)61-59-57-55-53-51-49-47-45-20-18-16-14-12-10-8-6-4-2)66-98-82-78(96)75(93)80(70(64-87)100-82)103-84-79(97)76(94)81(71(65-88)101-84)102-83-77(95)74(92)73(91)69(63-86)99-83/h5,7,11,13,17,19-20,22-23,25-26,28-29,31-32,34-35,37-38,40-41,43-45,48,50-51,53,59,61,67-71,73-84,86-89,91-97H,3-4,6,8-10,12,14-16,18,21,24,27,30,33,36,39,42,46-47,49,52,54-58,60,62-66H2,1-2H3,(H,85,90)/b7-5-,13-11-,19-17-,23-22-,26-25-,29-28-,32-31-,35-34-,38-37-,41-40-,44-43-,45-20+,50-48-,53-51+,61-59+. The van der Waals surface area contributed by atoms with E-state index in [0.717, 1.165) is 128 Å². The van der Waals surface area contributed by atoms with E-state index in [0.29, 0.717) is 12.8 Å². The minimum absolute atomic E-state index is 0.189. The molecule has 3 fully saturated rings. The number of unbranched alkanes of at least 4 members (excludes halogenated alkanes) is 13. The van der Waals surface area contributed by atoms with E-state index >= 15 is 0 Å². The van der Waals surface area contributed by atoms with Gasteiger partial charge in [-0.15, -0.1) is 0 Å². The third-order valence-corrected chi connectivity index (χ3v) is 17.7. The Morgan fingerprint density at radius 2 is 0.680 bits per heavy atom. The van der Waals surface area contributed by atoms with Gasteiger partial charge in [-0.25, -0.2) is 0 Å². The monoisotopic (exact) mass is 1440 g/mol. The van der Waals surface area contributed by atoms with Gasteiger partial charge >= 0.3 is 0 Å². The first-order chi connectivity index (χ1) is 50.3. The van der Waals surface area contributed by atoms with E-state index < -0.39 is 131 Å². The third kappa shape index (κ3) is 42.1. The molecule has 17 unspecified atom stereocenters. The fourth-order valence-electron chi connectivity index (χ4n) is 11.5. The SMILES string of the molecule is CC/C=C\C/C=C\C/C=C\C/C=C\C/C=C\C/C=C\C/C=C\C/C=C\C/C=C\C/C=C\C/C=C\C/C=C\CCCCCCC(=O)NC(COC1OC(CO)C(OC2OC(CO)C(OC3OC(CO)C(O)C(O)C3O)C(O)C2O)C(O)C1O)C(O)/C=C/CC/C=C/CC/C=C/CCCCCCCCC. The highest BCUT2D eigenvalue weighted by atomic mass is 16.8. The Morgan fingerprint density at radius 3 is 1.09 bits per heavy atom. The van der Waals surface area contributed by atoms with Crippen LogP contribution in [-0.2, 0) is 33.2 Å². The number of hydrogen-bond acceptors (Lipinski definition) is 18. The number of aliphatic hydroxyl groups excluding tert-OH is 11. The van der Waals surface area contributed by atoms with E-state index in [2.05, 4.69) is 189 Å². The van der Waals surface area contributed by atoms with Crippen molar-refractivity contribution in [3.63, 3.8) is 0 Å². The normalized spacial score (nSPS) is 27.1. The first-order valence-corrected chi connectivity index (χ1v) is 38.5. The Morgan fingerprint density at radius 1 is 0.359 bits per heavy atom. The summed E-state index contributed by atoms with van der Waals surface area (Å²) < 4.78 is 34.3. The zero-order valence-corrected chi connectivity index (χ0v) is 62.0. The summed E-state index contributed by atoms with van der Waals surface area (Å²) in [7, 11) is 0. The topological polar surface area (TPSA) is 307 Å². The van der Waals surface area contributed by atoms with Crippen molar-refractivity contribution in [1.29, 1.82) is 0 Å². The zero-order chi connectivity index (χ0) is 74.6. The first kappa shape index (κ1) is 92.1. The van der Waals surface area contributed by atoms with Crippen molar-refractivity contribution in [3.05, 3.63) is 182 Å². The summed E-state index contributed by atoms with van der Waals surface area (Å²) in [5, 5.41) is 121. The molecule has 3 rings (SSSR count). The fraction of sp³-hybridized carbons (Fsp3) is 0.631. The minimum atomic E-state index is -1.99. The van der Waals surface area contributed by atoms with E-state index in [1.54, 1.807) is 6.08 Å². The van der Waals surface area contributed by atoms with Gasteiger partial charge in [0.25, 0.3) is 0 Å². The number of allylic oxidation sites excluding steroid dienone is 29. The van der Waals surface area contributed by atoms with Crippen LogP contribution in [0.4, 0.5) is 0 Å². The molecule has 0 radical (unpaired) electrons. The number of ether oxygens (including phenoxy) is 6. The highest BCUT2D eigenvalue weighted by Crippen LogP contribution is 2.33. The number of hydrogen-bond donors (Lipinski definition) is 12. The summed E-state index contributed by atoms with van der Waals surface area (Å²) in [6.45, 7) is 1.53. The van der Waals surface area contributed by atoms with Gasteiger partial charge in [0.1, 0.15) is 73.2 Å². The van der Waals surface area contributed by atoms with Crippen LogP contribution in [-0.4, -0.2) is 193 Å². The Balaban J connectivity index is 1.38. The highest BCUT2D eigenvalue weighted by molar-refractivity contribution is 5.76. The maximum absolute atomic E-state index is 13.4. The lowest BCUT2D eigenvalue weighted by molar-refractivity contribution is -0.379. The van der Waals surface area contributed by atoms with Gasteiger partial charge in [-0.05, 0) is 135 Å². The van der Waals surface area contributed by atoms with Crippen LogP contribution in [0.3, 0.4) is 0 Å². The van der Waals surface area contributed by atoms with Crippen molar-refractivity contribution < 1.29 is 89.4 Å². The van der Waals surface area contributed by atoms with Crippen molar-refractivity contribution in [2.24, 2.45) is 0 Å². The molecule has 0 aliphatic carbocycles. The molecule has 19 heteroatoms. The molecule has 3 aliphatic rings. The Hall–Kier alpha value is -5.11. The van der Waals surface area contributed by atoms with E-state index in [1.165, 1.54) is 44.9 Å². The molecule has 0 aromatic heterocycles. The van der Waals surface area contributed by atoms with E-state index in [1.807, 2.05) is 6.08 Å². The number of carbonyl (C=O) groups excluding carboxylic acids is 1. The minimum Gasteiger partial charge on any atom is -0.394 e. The van der Waals surface area contributed by atoms with Crippen molar-refractivity contribution in [3.8, 4) is 0 Å². The largest absolute Gasteiger partial charge is 0.394 e. The Kier molecular flexibility index (Phi) is 55.4. The van der Waals surface area contributed by atoms with E-state index in [4.69, 9.17) is 28.4 Å². The molecule has 19 nitrogen and oxygen atoms in total. The molecule has 3 saturated heterocycles. The summed E-state index contributed by atoms with van der Waals surface area (Å²) in [6.07, 6.45) is 67.3. The maximum atomic E-state index is 13.4. The highest BCUT2D eigenvalue weighted by Gasteiger charge is 2.53. The molecule has 0 spiro atoms. The van der Waals surface area contributed by atoms with Gasteiger partial charge in [0.2, 0.25) is 5.91 Å². The van der Waals surface area contributed by atoms with Gasteiger partial charge in [0, 0.05) is 6.42 Å². The van der Waals surface area contributed by atoms with Crippen molar-refractivity contribution in [2.75, 3.05) is 26.4 Å². The molecule has 0 bridgehead atoms. The number of amides is 1. The quantitative estimate of drug-likeness (QED) is 0.0199. The summed E-state index contributed by atoms with van der Waals surface area (Å²) in [4.78, 5) is 13.4. The predicted molar refractivity (Wildman–Crippen MR) is 410 cm³/mol. The fourth-order valence-corrected chi connectivity index (χ4v) is 11.5. The smallest absolute Gasteiger partial charge is 0.220 e. The number of carbonyl (C=O) groups is 1. The van der Waals surface area contributed by atoms with Gasteiger partial charge in [0.05, 0.1) is 38.6 Å². The second-order valence-corrected chi connectivity index (χ2v) is 26.4. The van der Waals surface area contributed by atoms with Crippen LogP contribution in [0.15, 0.2) is 182 Å². The van der Waals surface area contributed by atoms with Crippen molar-refractivity contribution >= 4 is 5.91 Å². The molecular weight excluding hydrogens is 1310 g/mol. The molecule has 582 valence electrons. The lowest BCUT2D eigenvalue weighted by atomic mass is 9.96. The molecule has 3 aliphatic heterocycles.